The molecular formula is C16H28N2O2S. The van der Waals surface area contributed by atoms with Crippen LogP contribution >= 0.6 is 12.2 Å². The van der Waals surface area contributed by atoms with Crippen LogP contribution in [0.25, 0.3) is 0 Å². The van der Waals surface area contributed by atoms with Crippen molar-refractivity contribution >= 4 is 23.1 Å². The molecule has 120 valence electrons. The Morgan fingerprint density at radius 1 is 1.38 bits per heavy atom. The van der Waals surface area contributed by atoms with Gasteiger partial charge in [-0.1, -0.05) is 31.5 Å². The maximum Gasteiger partial charge on any atom is 0.235 e. The molecule has 2 saturated carbocycles. The van der Waals surface area contributed by atoms with E-state index in [9.17, 15) is 4.79 Å². The summed E-state index contributed by atoms with van der Waals surface area (Å²) in [6, 6.07) is 0.265. The van der Waals surface area contributed by atoms with Crippen LogP contribution in [0, 0.1) is 11.3 Å². The standard InChI is InChI=1S/C16H28N2O2S/c1-12(13-6-7-13)18(10-11-20-2)15(19)16(14(17)21)8-4-3-5-9-16/h12-13H,3-11H2,1-2H3,(H2,17,21). The molecule has 21 heavy (non-hydrogen) atoms. The highest BCUT2D eigenvalue weighted by atomic mass is 32.1. The number of nitrogens with two attached hydrogens (primary N) is 1. The number of amides is 1. The zero-order chi connectivity index (χ0) is 15.5. The maximum absolute atomic E-state index is 13.2. The summed E-state index contributed by atoms with van der Waals surface area (Å²) < 4.78 is 5.20. The Hall–Kier alpha value is -0.680. The molecule has 0 heterocycles. The predicted octanol–water partition coefficient (Wildman–Crippen LogP) is 2.50. The van der Waals surface area contributed by atoms with Crippen molar-refractivity contribution in [3.8, 4) is 0 Å². The molecule has 1 amide bonds. The molecule has 2 N–H and O–H groups in total. The number of ether oxygens (including phenoxy) is 1. The molecule has 1 unspecified atom stereocenters. The number of hydrogen-bond acceptors (Lipinski definition) is 3. The lowest BCUT2D eigenvalue weighted by Crippen LogP contribution is -2.55. The van der Waals surface area contributed by atoms with E-state index in [4.69, 9.17) is 22.7 Å². The van der Waals surface area contributed by atoms with E-state index in [1.807, 2.05) is 4.90 Å². The number of hydrogen-bond donors (Lipinski definition) is 1. The van der Waals surface area contributed by atoms with Gasteiger partial charge in [-0.3, -0.25) is 4.79 Å². The molecule has 0 radical (unpaired) electrons. The average Bonchev–Trinajstić information content (AvgIpc) is 3.32. The molecule has 0 aromatic heterocycles. The lowest BCUT2D eigenvalue weighted by atomic mass is 9.72. The van der Waals surface area contributed by atoms with Crippen molar-refractivity contribution in [2.45, 2.75) is 57.9 Å². The van der Waals surface area contributed by atoms with Crippen molar-refractivity contribution in [3.63, 3.8) is 0 Å². The Morgan fingerprint density at radius 3 is 2.48 bits per heavy atom. The van der Waals surface area contributed by atoms with Crippen LogP contribution in [0.15, 0.2) is 0 Å². The van der Waals surface area contributed by atoms with Gasteiger partial charge in [0.2, 0.25) is 5.91 Å². The van der Waals surface area contributed by atoms with Crippen LogP contribution in [0.5, 0.6) is 0 Å². The first-order valence-corrected chi connectivity index (χ1v) is 8.53. The second-order valence-corrected chi connectivity index (χ2v) is 7.02. The molecule has 0 spiro atoms. The number of carbonyl (C=O) groups excluding carboxylic acids is 1. The van der Waals surface area contributed by atoms with Crippen LogP contribution in [0.4, 0.5) is 0 Å². The van der Waals surface area contributed by atoms with Crippen LogP contribution < -0.4 is 5.73 Å². The molecule has 1 atom stereocenters. The van der Waals surface area contributed by atoms with Gasteiger partial charge in [0, 0.05) is 19.7 Å². The Labute approximate surface area is 133 Å². The number of carbonyl (C=O) groups is 1. The van der Waals surface area contributed by atoms with E-state index in [0.717, 1.165) is 25.7 Å². The number of rotatable bonds is 7. The van der Waals surface area contributed by atoms with E-state index in [0.29, 0.717) is 24.1 Å². The summed E-state index contributed by atoms with van der Waals surface area (Å²) >= 11 is 5.30. The Balaban J connectivity index is 2.19. The highest BCUT2D eigenvalue weighted by Crippen LogP contribution is 2.41. The topological polar surface area (TPSA) is 55.6 Å². The van der Waals surface area contributed by atoms with E-state index >= 15 is 0 Å². The van der Waals surface area contributed by atoms with E-state index < -0.39 is 5.41 Å². The Bertz CT molecular complexity index is 390. The zero-order valence-corrected chi connectivity index (χ0v) is 14.1. The molecule has 0 saturated heterocycles. The van der Waals surface area contributed by atoms with Gasteiger partial charge in [0.05, 0.1) is 17.0 Å². The molecule has 2 aliphatic rings. The van der Waals surface area contributed by atoms with Gasteiger partial charge in [0.25, 0.3) is 0 Å². The normalized spacial score (nSPS) is 22.6. The minimum atomic E-state index is -0.607. The van der Waals surface area contributed by atoms with Gasteiger partial charge >= 0.3 is 0 Å². The minimum absolute atomic E-state index is 0.145. The van der Waals surface area contributed by atoms with Gasteiger partial charge in [-0.05, 0) is 38.5 Å². The summed E-state index contributed by atoms with van der Waals surface area (Å²) in [6.07, 6.45) is 7.31. The van der Waals surface area contributed by atoms with Crippen LogP contribution in [0.3, 0.4) is 0 Å². The van der Waals surface area contributed by atoms with Gasteiger partial charge in [-0.15, -0.1) is 0 Å². The Kier molecular flexibility index (Phi) is 5.60. The molecule has 2 fully saturated rings. The van der Waals surface area contributed by atoms with Crippen molar-refractivity contribution in [2.75, 3.05) is 20.3 Å². The summed E-state index contributed by atoms with van der Waals surface area (Å²) in [5, 5.41) is 0. The van der Waals surface area contributed by atoms with Crippen LogP contribution in [0.2, 0.25) is 0 Å². The van der Waals surface area contributed by atoms with Gasteiger partial charge < -0.3 is 15.4 Å². The van der Waals surface area contributed by atoms with Crippen LogP contribution in [0.1, 0.15) is 51.9 Å². The van der Waals surface area contributed by atoms with Gasteiger partial charge in [-0.2, -0.15) is 0 Å². The van der Waals surface area contributed by atoms with Crippen molar-refractivity contribution in [1.29, 1.82) is 0 Å². The van der Waals surface area contributed by atoms with Gasteiger partial charge in [0.1, 0.15) is 0 Å². The third kappa shape index (κ3) is 3.57. The first kappa shape index (κ1) is 16.7. The third-order valence-electron chi connectivity index (χ3n) is 5.18. The molecule has 2 rings (SSSR count). The fourth-order valence-electron chi connectivity index (χ4n) is 3.51. The van der Waals surface area contributed by atoms with Crippen LogP contribution in [-0.4, -0.2) is 42.1 Å². The third-order valence-corrected chi connectivity index (χ3v) is 5.57. The molecular weight excluding hydrogens is 284 g/mol. The zero-order valence-electron chi connectivity index (χ0n) is 13.3. The van der Waals surface area contributed by atoms with Gasteiger partial charge in [-0.25, -0.2) is 0 Å². The minimum Gasteiger partial charge on any atom is -0.392 e. The fourth-order valence-corrected chi connectivity index (χ4v) is 3.80. The summed E-state index contributed by atoms with van der Waals surface area (Å²) in [5.41, 5.74) is 5.41. The molecule has 0 aromatic carbocycles. The summed E-state index contributed by atoms with van der Waals surface area (Å²) in [6.45, 7) is 3.36. The first-order valence-electron chi connectivity index (χ1n) is 8.13. The highest BCUT2D eigenvalue weighted by molar-refractivity contribution is 7.80. The van der Waals surface area contributed by atoms with Crippen LogP contribution in [-0.2, 0) is 9.53 Å². The monoisotopic (exact) mass is 312 g/mol. The molecule has 5 heteroatoms. The van der Waals surface area contributed by atoms with E-state index in [-0.39, 0.29) is 11.9 Å². The van der Waals surface area contributed by atoms with Crippen molar-refractivity contribution in [2.24, 2.45) is 17.1 Å². The molecule has 0 aliphatic heterocycles. The van der Waals surface area contributed by atoms with E-state index in [2.05, 4.69) is 6.92 Å². The SMILES string of the molecule is COCCN(C(=O)C1(C(N)=S)CCCCC1)C(C)C1CC1. The van der Waals surface area contributed by atoms with Crippen molar-refractivity contribution < 1.29 is 9.53 Å². The molecule has 4 nitrogen and oxygen atoms in total. The van der Waals surface area contributed by atoms with Crippen molar-refractivity contribution in [1.82, 2.24) is 4.90 Å². The lowest BCUT2D eigenvalue weighted by molar-refractivity contribution is -0.143. The Morgan fingerprint density at radius 2 is 2.00 bits per heavy atom. The number of thiocarbonyl (C=S) groups is 1. The van der Waals surface area contributed by atoms with Crippen molar-refractivity contribution in [3.05, 3.63) is 0 Å². The average molecular weight is 312 g/mol. The second-order valence-electron chi connectivity index (χ2n) is 6.58. The second kappa shape index (κ2) is 7.05. The smallest absolute Gasteiger partial charge is 0.235 e. The lowest BCUT2D eigenvalue weighted by Gasteiger charge is -2.41. The first-order chi connectivity index (χ1) is 10.0. The quantitative estimate of drug-likeness (QED) is 0.734. The summed E-state index contributed by atoms with van der Waals surface area (Å²) in [4.78, 5) is 15.6. The maximum atomic E-state index is 13.2. The summed E-state index contributed by atoms with van der Waals surface area (Å²) in [5.74, 6) is 0.781. The summed E-state index contributed by atoms with van der Waals surface area (Å²) in [7, 11) is 1.67. The number of methoxy groups -OCH3 is 1. The van der Waals surface area contributed by atoms with E-state index in [1.54, 1.807) is 7.11 Å². The number of nitrogens with zero attached hydrogens (tertiary/aromatic N) is 1. The van der Waals surface area contributed by atoms with E-state index in [1.165, 1.54) is 19.3 Å². The molecule has 0 aromatic rings. The largest absolute Gasteiger partial charge is 0.392 e. The molecule has 0 bridgehead atoms. The highest BCUT2D eigenvalue weighted by Gasteiger charge is 2.47. The fraction of sp³-hybridized carbons (Fsp3) is 0.875. The predicted molar refractivity (Wildman–Crippen MR) is 88.1 cm³/mol. The molecule has 2 aliphatic carbocycles. The van der Waals surface area contributed by atoms with Gasteiger partial charge in [0.15, 0.2) is 0 Å².